The number of carbonyl (C=O) groups excluding carboxylic acids is 2. The van der Waals surface area contributed by atoms with Gasteiger partial charge in [0.1, 0.15) is 0 Å². The van der Waals surface area contributed by atoms with Gasteiger partial charge >= 0.3 is 5.97 Å². The highest BCUT2D eigenvalue weighted by Gasteiger charge is 2.36. The Labute approximate surface area is 203 Å². The van der Waals surface area contributed by atoms with Crippen LogP contribution in [0.25, 0.3) is 0 Å². The van der Waals surface area contributed by atoms with Gasteiger partial charge in [0, 0.05) is 17.0 Å². The minimum atomic E-state index is -3.58. The van der Waals surface area contributed by atoms with Gasteiger partial charge < -0.3 is 9.30 Å². The number of hydrogen-bond acceptors (Lipinski definition) is 4. The van der Waals surface area contributed by atoms with Crippen molar-refractivity contribution in [3.63, 3.8) is 0 Å². The van der Waals surface area contributed by atoms with Crippen LogP contribution in [0.3, 0.4) is 0 Å². The number of benzene rings is 2. The normalized spacial score (nSPS) is 12.8. The summed E-state index contributed by atoms with van der Waals surface area (Å²) in [5.41, 5.74) is 0.423. The van der Waals surface area contributed by atoms with E-state index in [9.17, 15) is 14.2 Å². The average molecular weight is 491 g/mol. The molecule has 4 nitrogen and oxygen atoms in total. The molecule has 2 aromatic carbocycles. The van der Waals surface area contributed by atoms with Gasteiger partial charge in [0.2, 0.25) is 5.52 Å². The summed E-state index contributed by atoms with van der Waals surface area (Å²) in [7, 11) is -3.58. The van der Waals surface area contributed by atoms with Crippen molar-refractivity contribution < 1.29 is 18.9 Å². The molecule has 1 atom stereocenters. The smallest absolute Gasteiger partial charge is 0.306 e. The van der Waals surface area contributed by atoms with Crippen molar-refractivity contribution >= 4 is 35.5 Å². The van der Waals surface area contributed by atoms with Crippen molar-refractivity contribution in [1.82, 2.24) is 0 Å². The summed E-state index contributed by atoms with van der Waals surface area (Å²) in [6.45, 7) is 4.34. The third-order valence-electron chi connectivity index (χ3n) is 5.83. The summed E-state index contributed by atoms with van der Waals surface area (Å²) in [6.07, 6.45) is 9.18. The molecule has 0 aliphatic rings. The first kappa shape index (κ1) is 27.3. The third-order valence-corrected chi connectivity index (χ3v) is 9.01. The number of hydrogen-bond donors (Lipinski definition) is 0. The molecule has 0 aliphatic carbocycles. The van der Waals surface area contributed by atoms with Crippen LogP contribution in [-0.2, 0) is 14.1 Å². The molecule has 2 rings (SSSR count). The van der Waals surface area contributed by atoms with Crippen molar-refractivity contribution in [3.05, 3.63) is 64.7 Å². The summed E-state index contributed by atoms with van der Waals surface area (Å²) >= 11 is 6.29. The zero-order valence-corrected chi connectivity index (χ0v) is 21.5. The van der Waals surface area contributed by atoms with Gasteiger partial charge in [0.05, 0.1) is 18.1 Å². The number of esters is 1. The molecule has 1 unspecified atom stereocenters. The van der Waals surface area contributed by atoms with Gasteiger partial charge in [-0.25, -0.2) is 0 Å². The van der Waals surface area contributed by atoms with E-state index in [1.165, 1.54) is 32.1 Å². The van der Waals surface area contributed by atoms with Crippen LogP contribution < -0.4 is 5.30 Å². The summed E-state index contributed by atoms with van der Waals surface area (Å²) in [5.74, 6) is -0.419. The molecular formula is C27H36ClO4P. The highest BCUT2D eigenvalue weighted by atomic mass is 35.5. The van der Waals surface area contributed by atoms with Crippen LogP contribution in [0.15, 0.2) is 48.5 Å². The lowest BCUT2D eigenvalue weighted by molar-refractivity contribution is -0.143. The Kier molecular flexibility index (Phi) is 11.9. The molecule has 0 fully saturated rings. The number of ether oxygens (including phenoxy) is 1. The standard InChI is InChI=1S/C27H36ClO4P/c1-3-4-5-6-7-8-9-13-20-32-25(29)19-21-33(31,23-16-11-10-12-17-23)27(30)26-22(2)15-14-18-24(26)28/h10-12,14-18H,3-9,13,19-21H2,1-2H3. The van der Waals surface area contributed by atoms with Crippen molar-refractivity contribution in [1.29, 1.82) is 0 Å². The second-order valence-electron chi connectivity index (χ2n) is 8.48. The molecule has 2 aromatic rings. The van der Waals surface area contributed by atoms with E-state index in [0.29, 0.717) is 17.5 Å². The summed E-state index contributed by atoms with van der Waals surface area (Å²) in [6, 6.07) is 13.8. The molecule has 0 N–H and O–H groups in total. The van der Waals surface area contributed by atoms with Gasteiger partial charge in [-0.15, -0.1) is 0 Å². The Morgan fingerprint density at radius 2 is 1.52 bits per heavy atom. The third kappa shape index (κ3) is 8.43. The summed E-state index contributed by atoms with van der Waals surface area (Å²) < 4.78 is 19.4. The molecule has 0 heterocycles. The first-order valence-electron chi connectivity index (χ1n) is 12.0. The molecular weight excluding hydrogens is 455 g/mol. The van der Waals surface area contributed by atoms with Crippen molar-refractivity contribution in [2.24, 2.45) is 0 Å². The first-order chi connectivity index (χ1) is 15.9. The van der Waals surface area contributed by atoms with E-state index in [4.69, 9.17) is 16.3 Å². The average Bonchev–Trinajstić information content (AvgIpc) is 2.81. The molecule has 180 valence electrons. The molecule has 0 aromatic heterocycles. The summed E-state index contributed by atoms with van der Waals surface area (Å²) in [5, 5.41) is 0.707. The van der Waals surface area contributed by atoms with E-state index >= 15 is 0 Å². The van der Waals surface area contributed by atoms with Gasteiger partial charge in [0.25, 0.3) is 0 Å². The van der Waals surface area contributed by atoms with E-state index in [1.54, 1.807) is 55.5 Å². The highest BCUT2D eigenvalue weighted by Crippen LogP contribution is 2.50. The van der Waals surface area contributed by atoms with Crippen LogP contribution in [0.5, 0.6) is 0 Å². The quantitative estimate of drug-likeness (QED) is 0.147. The van der Waals surface area contributed by atoms with Crippen LogP contribution in [0.4, 0.5) is 0 Å². The molecule has 0 spiro atoms. The maximum atomic E-state index is 14.0. The highest BCUT2D eigenvalue weighted by molar-refractivity contribution is 7.87. The number of aryl methyl sites for hydroxylation is 1. The molecule has 33 heavy (non-hydrogen) atoms. The molecule has 0 bridgehead atoms. The molecule has 0 saturated carbocycles. The van der Waals surface area contributed by atoms with Gasteiger partial charge in [-0.1, -0.05) is 106 Å². The Bertz CT molecular complexity index is 922. The van der Waals surface area contributed by atoms with E-state index in [1.807, 2.05) is 0 Å². The Morgan fingerprint density at radius 1 is 0.879 bits per heavy atom. The fraction of sp³-hybridized carbons (Fsp3) is 0.481. The van der Waals surface area contributed by atoms with Crippen LogP contribution in [0.1, 0.15) is 80.6 Å². The molecule has 0 radical (unpaired) electrons. The topological polar surface area (TPSA) is 60.4 Å². The van der Waals surface area contributed by atoms with Gasteiger partial charge in [-0.05, 0) is 25.0 Å². The van der Waals surface area contributed by atoms with E-state index in [0.717, 1.165) is 19.3 Å². The first-order valence-corrected chi connectivity index (χ1v) is 14.3. The zero-order valence-electron chi connectivity index (χ0n) is 19.9. The van der Waals surface area contributed by atoms with Gasteiger partial charge in [-0.3, -0.25) is 9.59 Å². The molecule has 0 aliphatic heterocycles. The van der Waals surface area contributed by atoms with Crippen LogP contribution in [0.2, 0.25) is 5.02 Å². The number of rotatable bonds is 15. The lowest BCUT2D eigenvalue weighted by Crippen LogP contribution is -2.19. The fourth-order valence-electron chi connectivity index (χ4n) is 3.84. The minimum Gasteiger partial charge on any atom is -0.466 e. The van der Waals surface area contributed by atoms with Gasteiger partial charge in [-0.2, -0.15) is 0 Å². The second kappa shape index (κ2) is 14.4. The Morgan fingerprint density at radius 3 is 2.15 bits per heavy atom. The van der Waals surface area contributed by atoms with E-state index in [-0.39, 0.29) is 23.2 Å². The molecule has 0 saturated heterocycles. The van der Waals surface area contributed by atoms with E-state index < -0.39 is 18.6 Å². The van der Waals surface area contributed by atoms with Crippen LogP contribution >= 0.6 is 18.7 Å². The lowest BCUT2D eigenvalue weighted by Gasteiger charge is -2.19. The van der Waals surface area contributed by atoms with Crippen molar-refractivity contribution in [3.8, 4) is 0 Å². The monoisotopic (exact) mass is 490 g/mol. The maximum Gasteiger partial charge on any atom is 0.306 e. The maximum absolute atomic E-state index is 14.0. The van der Waals surface area contributed by atoms with Crippen molar-refractivity contribution in [2.45, 2.75) is 71.6 Å². The second-order valence-corrected chi connectivity index (χ2v) is 11.7. The number of carbonyl (C=O) groups is 2. The van der Waals surface area contributed by atoms with E-state index in [2.05, 4.69) is 6.92 Å². The van der Waals surface area contributed by atoms with Crippen molar-refractivity contribution in [2.75, 3.05) is 12.8 Å². The Hall–Kier alpha value is -1.90. The largest absolute Gasteiger partial charge is 0.466 e. The van der Waals surface area contributed by atoms with Crippen LogP contribution in [0, 0.1) is 6.92 Å². The number of unbranched alkanes of at least 4 members (excludes halogenated alkanes) is 7. The fourth-order valence-corrected chi connectivity index (χ4v) is 6.72. The zero-order chi connectivity index (χ0) is 24.1. The Balaban J connectivity index is 1.94. The van der Waals surface area contributed by atoms with Gasteiger partial charge in [0.15, 0.2) is 7.14 Å². The lowest BCUT2D eigenvalue weighted by atomic mass is 10.1. The predicted octanol–water partition coefficient (Wildman–Crippen LogP) is 7.55. The predicted molar refractivity (Wildman–Crippen MR) is 137 cm³/mol. The van der Waals surface area contributed by atoms with Crippen LogP contribution in [-0.4, -0.2) is 24.3 Å². The summed E-state index contributed by atoms with van der Waals surface area (Å²) in [4.78, 5) is 25.8. The molecule has 0 amide bonds. The minimum absolute atomic E-state index is 0.0710. The molecule has 6 heteroatoms. The SMILES string of the molecule is CCCCCCCCCCOC(=O)CCP(=O)(C(=O)c1c(C)cccc1Cl)c1ccccc1. The number of halogens is 1.